The molecule has 260 valence electrons. The zero-order chi connectivity index (χ0) is 34.1. The number of urea groups is 1. The van der Waals surface area contributed by atoms with Gasteiger partial charge in [-0.25, -0.2) is 4.79 Å². The highest BCUT2D eigenvalue weighted by atomic mass is 16.5. The molecule has 47 heavy (non-hydrogen) atoms. The maximum absolute atomic E-state index is 14.4. The summed E-state index contributed by atoms with van der Waals surface area (Å²) in [5.74, 6) is 0.622. The average Bonchev–Trinajstić information content (AvgIpc) is 3.37. The van der Waals surface area contributed by atoms with Gasteiger partial charge in [-0.05, 0) is 78.0 Å². The average molecular weight is 656 g/mol. The van der Waals surface area contributed by atoms with Gasteiger partial charge in [0, 0.05) is 44.3 Å². The molecule has 1 aliphatic heterocycles. The molecule has 0 radical (unpaired) electrons. The van der Waals surface area contributed by atoms with E-state index in [-0.39, 0.29) is 54.6 Å². The number of nitrogens with one attached hydrogen (secondary N) is 2. The van der Waals surface area contributed by atoms with Gasteiger partial charge in [0.2, 0.25) is 5.91 Å². The molecule has 4 atom stereocenters. The first-order valence-electron chi connectivity index (χ1n) is 17.1. The van der Waals surface area contributed by atoms with Crippen molar-refractivity contribution in [3.8, 4) is 5.75 Å². The van der Waals surface area contributed by atoms with E-state index in [0.29, 0.717) is 41.7 Å². The molecule has 2 aliphatic rings. The molecule has 3 N–H and O–H groups in total. The maximum atomic E-state index is 14.4. The van der Waals surface area contributed by atoms with Gasteiger partial charge in [0.15, 0.2) is 5.76 Å². The fourth-order valence-corrected chi connectivity index (χ4v) is 6.42. The van der Waals surface area contributed by atoms with E-state index in [2.05, 4.69) is 15.8 Å². The maximum Gasteiger partial charge on any atom is 0.323 e. The first-order valence-corrected chi connectivity index (χ1v) is 17.1. The third kappa shape index (κ3) is 9.70. The first kappa shape index (κ1) is 36.2. The number of fused-ring (bicyclic) bond motifs is 1. The molecule has 1 aliphatic carbocycles. The predicted octanol–water partition coefficient (Wildman–Crippen LogP) is 5.77. The molecule has 0 saturated heterocycles. The number of carbonyl (C=O) groups is 3. The molecule has 1 aromatic carbocycles. The lowest BCUT2D eigenvalue weighted by Crippen LogP contribution is -2.48. The summed E-state index contributed by atoms with van der Waals surface area (Å²) in [6.45, 7) is 10.2. The van der Waals surface area contributed by atoms with Crippen LogP contribution in [0.3, 0.4) is 0 Å². The Morgan fingerprint density at radius 1 is 1.09 bits per heavy atom. The molecule has 2 heterocycles. The second-order valence-electron chi connectivity index (χ2n) is 13.3. The summed E-state index contributed by atoms with van der Waals surface area (Å²) in [4.78, 5) is 44.0. The number of anilines is 2. The fraction of sp³-hybridized carbons (Fsp3) is 0.657. The van der Waals surface area contributed by atoms with Gasteiger partial charge in [-0.1, -0.05) is 31.3 Å². The number of aromatic nitrogens is 1. The van der Waals surface area contributed by atoms with Crippen molar-refractivity contribution in [3.05, 3.63) is 35.2 Å². The van der Waals surface area contributed by atoms with Crippen LogP contribution in [0.5, 0.6) is 5.75 Å². The number of aliphatic hydroxyl groups excluding tert-OH is 1. The number of nitrogens with zero attached hydrogens (tertiary/aromatic N) is 3. The molecule has 12 heteroatoms. The highest BCUT2D eigenvalue weighted by molar-refractivity contribution is 6.03. The molecule has 4 rings (SSSR count). The Kier molecular flexibility index (Phi) is 13.1. The zero-order valence-corrected chi connectivity index (χ0v) is 28.8. The summed E-state index contributed by atoms with van der Waals surface area (Å²) in [5, 5.41) is 19.7. The van der Waals surface area contributed by atoms with Crippen LogP contribution in [0.15, 0.2) is 22.7 Å². The van der Waals surface area contributed by atoms with Gasteiger partial charge >= 0.3 is 6.03 Å². The molecule has 1 fully saturated rings. The largest absolute Gasteiger partial charge is 0.490 e. The molecule has 0 spiro atoms. The van der Waals surface area contributed by atoms with Crippen molar-refractivity contribution in [1.82, 2.24) is 15.0 Å². The van der Waals surface area contributed by atoms with Crippen molar-refractivity contribution in [3.63, 3.8) is 0 Å². The summed E-state index contributed by atoms with van der Waals surface area (Å²) in [7, 11) is 1.85. The molecule has 0 bridgehead atoms. The van der Waals surface area contributed by atoms with E-state index in [1.807, 2.05) is 20.9 Å². The number of likely N-dealkylation sites (N-methyl/N-ethyl adjacent to an activating group) is 1. The Balaban J connectivity index is 1.59. The van der Waals surface area contributed by atoms with E-state index in [0.717, 1.165) is 44.9 Å². The Hall–Kier alpha value is -3.64. The van der Waals surface area contributed by atoms with Crippen molar-refractivity contribution in [1.29, 1.82) is 0 Å². The number of hydrogen-bond acceptors (Lipinski definition) is 8. The third-order valence-electron chi connectivity index (χ3n) is 9.37. The lowest BCUT2D eigenvalue weighted by atomic mass is 9.88. The molecular weight excluding hydrogens is 602 g/mol. The predicted molar refractivity (Wildman–Crippen MR) is 180 cm³/mol. The minimum absolute atomic E-state index is 0.0577. The highest BCUT2D eigenvalue weighted by Crippen LogP contribution is 2.30. The van der Waals surface area contributed by atoms with Crippen molar-refractivity contribution < 1.29 is 33.5 Å². The van der Waals surface area contributed by atoms with Crippen LogP contribution in [-0.2, 0) is 9.53 Å². The molecule has 1 saturated carbocycles. The standard InChI is InChI=1S/C35H53N5O7/c1-22-19-40(23(2)21-41)34(43)29-18-28(36-35(44)37-32-25(4)38-47-26(32)5)15-16-30(29)46-24(3)12-10-11-17-45-31(22)20-39(6)33(42)27-13-8-7-9-14-27/h15-16,18,22-24,27,31,41H,7-14,17,19-21H2,1-6H3,(H2,36,37,44)/t22-,23+,24+,31-/m1/s1. The number of amides is 4. The summed E-state index contributed by atoms with van der Waals surface area (Å²) < 4.78 is 17.9. The second kappa shape index (κ2) is 17.0. The van der Waals surface area contributed by atoms with E-state index >= 15 is 0 Å². The van der Waals surface area contributed by atoms with Gasteiger partial charge in [-0.2, -0.15) is 0 Å². The van der Waals surface area contributed by atoms with Gasteiger partial charge < -0.3 is 39.5 Å². The molecule has 12 nitrogen and oxygen atoms in total. The molecule has 4 amide bonds. The van der Waals surface area contributed by atoms with Crippen LogP contribution in [0.4, 0.5) is 16.2 Å². The Morgan fingerprint density at radius 2 is 1.81 bits per heavy atom. The normalized spacial score (nSPS) is 22.4. The highest BCUT2D eigenvalue weighted by Gasteiger charge is 2.32. The van der Waals surface area contributed by atoms with Crippen molar-refractivity contribution in [2.45, 2.75) is 104 Å². The number of benzene rings is 1. The number of carbonyl (C=O) groups excluding carboxylic acids is 3. The van der Waals surface area contributed by atoms with E-state index in [1.165, 1.54) is 6.42 Å². The molecule has 1 aromatic heterocycles. The van der Waals surface area contributed by atoms with Crippen LogP contribution >= 0.6 is 0 Å². The van der Waals surface area contributed by atoms with Crippen molar-refractivity contribution in [2.24, 2.45) is 11.8 Å². The second-order valence-corrected chi connectivity index (χ2v) is 13.3. The van der Waals surface area contributed by atoms with Crippen LogP contribution in [0.25, 0.3) is 0 Å². The van der Waals surface area contributed by atoms with E-state index in [4.69, 9.17) is 14.0 Å². The Morgan fingerprint density at radius 3 is 2.49 bits per heavy atom. The quantitative estimate of drug-likeness (QED) is 0.341. The number of aliphatic hydroxyl groups is 1. The van der Waals surface area contributed by atoms with Gasteiger partial charge in [0.1, 0.15) is 17.1 Å². The van der Waals surface area contributed by atoms with E-state index < -0.39 is 12.1 Å². The minimum Gasteiger partial charge on any atom is -0.490 e. The lowest BCUT2D eigenvalue weighted by Gasteiger charge is -2.36. The van der Waals surface area contributed by atoms with Crippen LogP contribution in [0.2, 0.25) is 0 Å². The third-order valence-corrected chi connectivity index (χ3v) is 9.37. The van der Waals surface area contributed by atoms with Crippen LogP contribution in [0, 0.1) is 25.7 Å². The number of rotatable bonds is 7. The van der Waals surface area contributed by atoms with Crippen LogP contribution < -0.4 is 15.4 Å². The van der Waals surface area contributed by atoms with Crippen molar-refractivity contribution in [2.75, 3.05) is 44.0 Å². The van der Waals surface area contributed by atoms with Gasteiger partial charge in [-0.15, -0.1) is 0 Å². The van der Waals surface area contributed by atoms with E-state index in [9.17, 15) is 19.5 Å². The van der Waals surface area contributed by atoms with Gasteiger partial charge in [-0.3, -0.25) is 9.59 Å². The Bertz CT molecular complexity index is 1340. The minimum atomic E-state index is -0.511. The first-order chi connectivity index (χ1) is 22.5. The number of aryl methyl sites for hydroxylation is 2. The summed E-state index contributed by atoms with van der Waals surface area (Å²) in [6, 6.07) is 3.98. The zero-order valence-electron chi connectivity index (χ0n) is 28.8. The van der Waals surface area contributed by atoms with Crippen molar-refractivity contribution >= 4 is 29.2 Å². The van der Waals surface area contributed by atoms with Gasteiger partial charge in [0.25, 0.3) is 5.91 Å². The molecule has 0 unspecified atom stereocenters. The van der Waals surface area contributed by atoms with Gasteiger partial charge in [0.05, 0.1) is 30.4 Å². The summed E-state index contributed by atoms with van der Waals surface area (Å²) in [6.07, 6.45) is 7.20. The summed E-state index contributed by atoms with van der Waals surface area (Å²) >= 11 is 0. The number of ether oxygens (including phenoxy) is 2. The lowest BCUT2D eigenvalue weighted by molar-refractivity contribution is -0.137. The molecular formula is C35H53N5O7. The van der Waals surface area contributed by atoms with Crippen LogP contribution in [-0.4, -0.2) is 89.5 Å². The molecule has 2 aromatic rings. The SMILES string of the molecule is Cc1noc(C)c1NC(=O)Nc1ccc2c(c1)C(=O)N([C@@H](C)CO)C[C@@H](C)[C@@H](CN(C)C(=O)C1CCCCC1)OCCCC[C@H](C)O2. The fourth-order valence-electron chi connectivity index (χ4n) is 6.42. The smallest absolute Gasteiger partial charge is 0.323 e. The number of hydrogen-bond donors (Lipinski definition) is 3. The monoisotopic (exact) mass is 655 g/mol. The van der Waals surface area contributed by atoms with Crippen LogP contribution in [0.1, 0.15) is 93.9 Å². The Labute approximate surface area is 278 Å². The van der Waals surface area contributed by atoms with E-state index in [1.54, 1.807) is 48.8 Å². The summed E-state index contributed by atoms with van der Waals surface area (Å²) in [5.41, 5.74) is 1.70. The topological polar surface area (TPSA) is 146 Å².